The van der Waals surface area contributed by atoms with Crippen molar-refractivity contribution in [3.63, 3.8) is 0 Å². The molecule has 0 aromatic rings. The number of carbonyl (C=O) groups is 1. The third kappa shape index (κ3) is 223. The molecule has 0 rings (SSSR count). The predicted octanol–water partition coefficient (Wildman–Crippen LogP) is -1.14. The third-order valence-corrected chi connectivity index (χ3v) is 0. The van der Waals surface area contributed by atoms with Crippen LogP contribution in [0.4, 0.5) is 0 Å². The van der Waals surface area contributed by atoms with E-state index in [-0.39, 0.29) is 4.73 Å². The van der Waals surface area contributed by atoms with Gasteiger partial charge in [-0.1, -0.05) is 0 Å². The molecule has 4 heteroatoms. The Morgan fingerprint density at radius 3 is 1.83 bits per heavy atom. The van der Waals surface area contributed by atoms with Gasteiger partial charge >= 0.3 is 31.9 Å². The number of rotatable bonds is 0. The summed E-state index contributed by atoms with van der Waals surface area (Å²) in [6, 6.07) is 0. The second-order valence-electron chi connectivity index (χ2n) is 0.364. The van der Waals surface area contributed by atoms with Gasteiger partial charge in [0.15, 0.2) is 0 Å². The van der Waals surface area contributed by atoms with Crippen LogP contribution >= 0.6 is 0 Å². The van der Waals surface area contributed by atoms with Gasteiger partial charge in [-0.05, 0) is 0 Å². The van der Waals surface area contributed by atoms with Crippen LogP contribution in [0.3, 0.4) is 0 Å². The first kappa shape index (κ1) is 9.18. The van der Waals surface area contributed by atoms with Gasteiger partial charge in [0, 0.05) is 0 Å². The molecule has 0 saturated carbocycles. The molecular weight excluding hydrogens is 147 g/mol. The number of hydrogen-bond donors (Lipinski definition) is 2. The Balaban J connectivity index is 0. The van der Waals surface area contributed by atoms with E-state index in [9.17, 15) is 0 Å². The molecule has 1 radical (unpaired) electrons. The van der Waals surface area contributed by atoms with Crippen molar-refractivity contribution in [3.8, 4) is 0 Å². The van der Waals surface area contributed by atoms with E-state index < -0.39 is 0 Å². The number of carbonyl (C=O) groups excluding carboxylic acids is 1. The Kier molecular flexibility index (Phi) is 13.5. The van der Waals surface area contributed by atoms with E-state index in [0.29, 0.717) is 0 Å². The Hall–Kier alpha value is -0.341. The van der Waals surface area contributed by atoms with Crippen LogP contribution in [-0.2, 0) is 4.79 Å². The molecule has 0 aliphatic carbocycles. The zero-order valence-electron chi connectivity index (χ0n) is 3.10. The van der Waals surface area contributed by atoms with Crippen molar-refractivity contribution in [1.82, 2.24) is 0 Å². The number of nitrogens with two attached hydrogens (primary N) is 1. The van der Waals surface area contributed by atoms with Gasteiger partial charge < -0.3 is 4.79 Å². The van der Waals surface area contributed by atoms with Crippen LogP contribution < -0.4 is 5.73 Å². The summed E-state index contributed by atoms with van der Waals surface area (Å²) in [5, 5.41) is 6.22. The van der Waals surface area contributed by atoms with Crippen molar-refractivity contribution in [3.05, 3.63) is 0 Å². The summed E-state index contributed by atoms with van der Waals surface area (Å²) in [4.78, 5) is 8.00. The van der Waals surface area contributed by atoms with E-state index >= 15 is 0 Å². The molecule has 3 nitrogen and oxygen atoms in total. The summed E-state index contributed by atoms with van der Waals surface area (Å²) in [5.41, 5.74) is 4.64. The first-order valence-corrected chi connectivity index (χ1v) is 1.89. The zero-order valence-corrected chi connectivity index (χ0v) is 4.81. The standard InChI is InChI=1S/CH3N2Se.CH2O/c2-1(3)4;1-2/h(H3,2,3);1H2. The summed E-state index contributed by atoms with van der Waals surface area (Å²) >= 11 is 2.26. The molecule has 0 fully saturated rings. The molecular formula is C2H5N2OSe. The van der Waals surface area contributed by atoms with Gasteiger partial charge in [-0.25, -0.2) is 0 Å². The number of hydrogen-bond acceptors (Lipinski definition) is 2. The fraction of sp³-hybridized carbons (Fsp3) is 0. The minimum atomic E-state index is 0.0417. The van der Waals surface area contributed by atoms with Crippen molar-refractivity contribution in [2.75, 3.05) is 0 Å². The Morgan fingerprint density at radius 1 is 1.83 bits per heavy atom. The van der Waals surface area contributed by atoms with Crippen LogP contribution in [0.25, 0.3) is 0 Å². The SMILES string of the molecule is C=O.N=C(N)[Se]. The fourth-order valence-corrected chi connectivity index (χ4v) is 0. The van der Waals surface area contributed by atoms with Crippen molar-refractivity contribution in [1.29, 1.82) is 5.41 Å². The van der Waals surface area contributed by atoms with Crippen LogP contribution in [0, 0.1) is 5.41 Å². The van der Waals surface area contributed by atoms with Gasteiger partial charge in [0.2, 0.25) is 0 Å². The molecule has 0 bridgehead atoms. The molecule has 0 aromatic heterocycles. The molecule has 0 saturated heterocycles. The second-order valence-corrected chi connectivity index (χ2v) is 1.29. The molecule has 3 N–H and O–H groups in total. The molecule has 0 amide bonds. The second kappa shape index (κ2) is 8.82. The van der Waals surface area contributed by atoms with Crippen molar-refractivity contribution >= 4 is 27.5 Å². The van der Waals surface area contributed by atoms with Crippen LogP contribution in [0.2, 0.25) is 0 Å². The Labute approximate surface area is 44.2 Å². The Bertz CT molecular complexity index is 42.8. The summed E-state index contributed by atoms with van der Waals surface area (Å²) in [5.74, 6) is 0. The monoisotopic (exact) mass is 153 g/mol. The quantitative estimate of drug-likeness (QED) is 0.262. The average molecular weight is 152 g/mol. The van der Waals surface area contributed by atoms with Crippen LogP contribution in [0.15, 0.2) is 0 Å². The van der Waals surface area contributed by atoms with Gasteiger partial charge in [-0.15, -0.1) is 0 Å². The van der Waals surface area contributed by atoms with Gasteiger partial charge in [0.1, 0.15) is 6.79 Å². The topological polar surface area (TPSA) is 66.9 Å². The molecule has 0 atom stereocenters. The van der Waals surface area contributed by atoms with Crippen LogP contribution in [0.1, 0.15) is 0 Å². The molecule has 0 heterocycles. The molecule has 0 aromatic carbocycles. The first-order valence-electron chi connectivity index (χ1n) is 1.03. The summed E-state index contributed by atoms with van der Waals surface area (Å²) in [7, 11) is 0. The van der Waals surface area contributed by atoms with Crippen LogP contribution in [-0.4, -0.2) is 27.5 Å². The van der Waals surface area contributed by atoms with E-state index in [4.69, 9.17) is 10.2 Å². The van der Waals surface area contributed by atoms with Gasteiger partial charge in [0.25, 0.3) is 0 Å². The fourth-order valence-electron chi connectivity index (χ4n) is 0. The minimum absolute atomic E-state index is 0.0417. The third-order valence-electron chi connectivity index (χ3n) is 0. The predicted molar refractivity (Wildman–Crippen MR) is 24.8 cm³/mol. The number of amidine groups is 1. The van der Waals surface area contributed by atoms with E-state index in [1.807, 2.05) is 6.79 Å². The van der Waals surface area contributed by atoms with Crippen molar-refractivity contribution in [2.45, 2.75) is 0 Å². The molecule has 35 valence electrons. The molecule has 0 aliphatic heterocycles. The van der Waals surface area contributed by atoms with Gasteiger partial charge in [-0.3, -0.25) is 0 Å². The molecule has 6 heavy (non-hydrogen) atoms. The average Bonchev–Trinajstić information content (AvgIpc) is 1.41. The zero-order chi connectivity index (χ0) is 5.58. The van der Waals surface area contributed by atoms with Crippen molar-refractivity contribution < 1.29 is 4.79 Å². The molecule has 0 aliphatic rings. The number of nitrogens with one attached hydrogen (secondary N) is 1. The summed E-state index contributed by atoms with van der Waals surface area (Å²) < 4.78 is 0.0417. The van der Waals surface area contributed by atoms with E-state index in [2.05, 4.69) is 21.7 Å². The maximum atomic E-state index is 8.00. The molecule has 0 unspecified atom stereocenters. The normalized spacial score (nSPS) is 4.67. The van der Waals surface area contributed by atoms with Crippen molar-refractivity contribution in [2.24, 2.45) is 5.73 Å². The van der Waals surface area contributed by atoms with E-state index in [1.165, 1.54) is 0 Å². The summed E-state index contributed by atoms with van der Waals surface area (Å²) in [6.45, 7) is 2.00. The van der Waals surface area contributed by atoms with E-state index in [0.717, 1.165) is 0 Å². The maximum absolute atomic E-state index is 8.00. The van der Waals surface area contributed by atoms with E-state index in [1.54, 1.807) is 0 Å². The van der Waals surface area contributed by atoms with Gasteiger partial charge in [0.05, 0.1) is 0 Å². The molecule has 0 spiro atoms. The first-order chi connectivity index (χ1) is 2.73. The van der Waals surface area contributed by atoms with Gasteiger partial charge in [-0.2, -0.15) is 0 Å². The Morgan fingerprint density at radius 2 is 1.83 bits per heavy atom. The summed E-state index contributed by atoms with van der Waals surface area (Å²) in [6.07, 6.45) is 0. The van der Waals surface area contributed by atoms with Crippen LogP contribution in [0.5, 0.6) is 0 Å².